The maximum atomic E-state index is 8.68. The van der Waals surface area contributed by atoms with Crippen molar-refractivity contribution < 1.29 is 5.11 Å². The first kappa shape index (κ1) is 18.3. The molecule has 0 aliphatic heterocycles. The van der Waals surface area contributed by atoms with Crippen molar-refractivity contribution in [1.82, 2.24) is 10.6 Å². The van der Waals surface area contributed by atoms with Crippen LogP contribution in [0, 0.1) is 5.92 Å². The maximum absolute atomic E-state index is 8.68. The third-order valence-corrected chi connectivity index (χ3v) is 1.96. The largest absolute Gasteiger partial charge is 0.395 e. The first-order valence-corrected chi connectivity index (χ1v) is 5.83. The van der Waals surface area contributed by atoms with Crippen molar-refractivity contribution in [2.45, 2.75) is 33.6 Å². The van der Waals surface area contributed by atoms with Gasteiger partial charge in [-0.05, 0) is 25.7 Å². The van der Waals surface area contributed by atoms with Gasteiger partial charge in [-0.1, -0.05) is 13.8 Å². The summed E-state index contributed by atoms with van der Waals surface area (Å²) in [5, 5.41) is 14.9. The highest BCUT2D eigenvalue weighted by Crippen LogP contribution is 2.02. The lowest BCUT2D eigenvalue weighted by atomic mass is 10.1. The predicted octanol–water partition coefficient (Wildman–Crippen LogP) is 1.59. The minimum Gasteiger partial charge on any atom is -0.395 e. The number of hydrogen-bond donors (Lipinski definition) is 3. The predicted molar refractivity (Wildman–Crippen MR) is 80.6 cm³/mol. The van der Waals surface area contributed by atoms with Crippen LogP contribution in [0.25, 0.3) is 0 Å². The first-order valence-electron chi connectivity index (χ1n) is 5.83. The second-order valence-electron chi connectivity index (χ2n) is 3.95. The van der Waals surface area contributed by atoms with Gasteiger partial charge < -0.3 is 15.7 Å². The van der Waals surface area contributed by atoms with E-state index in [0.29, 0.717) is 6.54 Å². The monoisotopic (exact) mass is 343 g/mol. The van der Waals surface area contributed by atoms with E-state index < -0.39 is 0 Å². The summed E-state index contributed by atoms with van der Waals surface area (Å²) in [4.78, 5) is 4.41. The molecule has 0 bridgehead atoms. The van der Waals surface area contributed by atoms with Gasteiger partial charge in [0.15, 0.2) is 5.96 Å². The molecule has 4 nitrogen and oxygen atoms in total. The standard InChI is InChI=1S/C11H25N3O.HI/c1-4-12-11(14-8-9-15)13-7-5-6-10(2)3;/h10,15H,4-9H2,1-3H3,(H2,12,13,14);1H. The van der Waals surface area contributed by atoms with Crippen molar-refractivity contribution in [1.29, 1.82) is 0 Å². The fourth-order valence-electron chi connectivity index (χ4n) is 1.21. The van der Waals surface area contributed by atoms with E-state index >= 15 is 0 Å². The Bertz CT molecular complexity index is 175. The molecule has 5 heteroatoms. The Balaban J connectivity index is 0. The summed E-state index contributed by atoms with van der Waals surface area (Å²) in [6, 6.07) is 0. The Hall–Kier alpha value is -0.0400. The van der Waals surface area contributed by atoms with Crippen LogP contribution in [-0.2, 0) is 0 Å². The highest BCUT2D eigenvalue weighted by atomic mass is 127. The lowest BCUT2D eigenvalue weighted by Crippen LogP contribution is -2.38. The Morgan fingerprint density at radius 2 is 2.00 bits per heavy atom. The molecule has 3 N–H and O–H groups in total. The van der Waals surface area contributed by atoms with Crippen molar-refractivity contribution in [3.8, 4) is 0 Å². The van der Waals surface area contributed by atoms with Gasteiger partial charge in [0.05, 0.1) is 6.61 Å². The van der Waals surface area contributed by atoms with E-state index in [1.165, 1.54) is 6.42 Å². The Morgan fingerprint density at radius 1 is 1.31 bits per heavy atom. The SMILES string of the molecule is CCNC(=NCCCC(C)C)NCCO.I. The van der Waals surface area contributed by atoms with Crippen LogP contribution < -0.4 is 10.6 Å². The lowest BCUT2D eigenvalue weighted by Gasteiger charge is -2.10. The van der Waals surface area contributed by atoms with E-state index in [4.69, 9.17) is 5.11 Å². The smallest absolute Gasteiger partial charge is 0.191 e. The Labute approximate surface area is 116 Å². The normalized spacial score (nSPS) is 11.2. The zero-order valence-electron chi connectivity index (χ0n) is 10.6. The molecule has 0 radical (unpaired) electrons. The van der Waals surface area contributed by atoms with E-state index in [1.54, 1.807) is 0 Å². The number of aliphatic hydroxyl groups excluding tert-OH is 1. The summed E-state index contributed by atoms with van der Waals surface area (Å²) in [6.07, 6.45) is 2.33. The first-order chi connectivity index (χ1) is 7.20. The van der Waals surface area contributed by atoms with Crippen molar-refractivity contribution in [2.24, 2.45) is 10.9 Å². The molecule has 0 saturated carbocycles. The summed E-state index contributed by atoms with van der Waals surface area (Å²) in [5.74, 6) is 1.54. The van der Waals surface area contributed by atoms with Crippen LogP contribution in [0.4, 0.5) is 0 Å². The van der Waals surface area contributed by atoms with Gasteiger partial charge in [0, 0.05) is 19.6 Å². The van der Waals surface area contributed by atoms with Crippen molar-refractivity contribution in [2.75, 3.05) is 26.2 Å². The second-order valence-corrected chi connectivity index (χ2v) is 3.95. The summed E-state index contributed by atoms with van der Waals surface area (Å²) in [5.41, 5.74) is 0. The molecule has 0 rings (SSSR count). The van der Waals surface area contributed by atoms with Crippen molar-refractivity contribution in [3.05, 3.63) is 0 Å². The number of aliphatic hydroxyl groups is 1. The summed E-state index contributed by atoms with van der Waals surface area (Å²) >= 11 is 0. The average molecular weight is 343 g/mol. The number of halogens is 1. The van der Waals surface area contributed by atoms with E-state index in [0.717, 1.165) is 31.4 Å². The van der Waals surface area contributed by atoms with Crippen LogP contribution >= 0.6 is 24.0 Å². The van der Waals surface area contributed by atoms with E-state index in [1.807, 2.05) is 6.92 Å². The number of hydrogen-bond acceptors (Lipinski definition) is 2. The molecular weight excluding hydrogens is 317 g/mol. The van der Waals surface area contributed by atoms with Gasteiger partial charge in [-0.25, -0.2) is 0 Å². The van der Waals surface area contributed by atoms with Crippen molar-refractivity contribution in [3.63, 3.8) is 0 Å². The highest BCUT2D eigenvalue weighted by molar-refractivity contribution is 14.0. The van der Waals surface area contributed by atoms with Crippen LogP contribution in [0.15, 0.2) is 4.99 Å². The van der Waals surface area contributed by atoms with Gasteiger partial charge in [-0.3, -0.25) is 4.99 Å². The van der Waals surface area contributed by atoms with Gasteiger partial charge >= 0.3 is 0 Å². The van der Waals surface area contributed by atoms with E-state index in [-0.39, 0.29) is 30.6 Å². The molecule has 0 spiro atoms. The van der Waals surface area contributed by atoms with Crippen LogP contribution in [0.5, 0.6) is 0 Å². The summed E-state index contributed by atoms with van der Waals surface area (Å²) < 4.78 is 0. The second kappa shape index (κ2) is 13.0. The minimum absolute atomic E-state index is 0. The molecule has 0 aliphatic rings. The molecule has 0 atom stereocenters. The molecule has 0 saturated heterocycles. The quantitative estimate of drug-likeness (QED) is 0.285. The summed E-state index contributed by atoms with van der Waals surface area (Å²) in [6.45, 7) is 8.86. The number of aliphatic imine (C=N–C) groups is 1. The number of nitrogens with one attached hydrogen (secondary N) is 2. The molecule has 16 heavy (non-hydrogen) atoms. The van der Waals surface area contributed by atoms with Crippen LogP contribution in [0.2, 0.25) is 0 Å². The molecule has 0 fully saturated rings. The van der Waals surface area contributed by atoms with Gasteiger partial charge in [0.25, 0.3) is 0 Å². The Kier molecular flexibility index (Phi) is 14.9. The molecule has 0 aromatic carbocycles. The number of nitrogens with zero attached hydrogens (tertiary/aromatic N) is 1. The highest BCUT2D eigenvalue weighted by Gasteiger charge is 1.96. The molecule has 0 aliphatic carbocycles. The maximum Gasteiger partial charge on any atom is 0.191 e. The lowest BCUT2D eigenvalue weighted by molar-refractivity contribution is 0.300. The van der Waals surface area contributed by atoms with Gasteiger partial charge in [-0.15, -0.1) is 24.0 Å². The fraction of sp³-hybridized carbons (Fsp3) is 0.909. The molecule has 0 heterocycles. The Morgan fingerprint density at radius 3 is 2.50 bits per heavy atom. The molecule has 0 aromatic rings. The zero-order chi connectivity index (χ0) is 11.5. The van der Waals surface area contributed by atoms with Gasteiger partial charge in [0.2, 0.25) is 0 Å². The van der Waals surface area contributed by atoms with E-state index in [2.05, 4.69) is 29.5 Å². The van der Waals surface area contributed by atoms with Crippen molar-refractivity contribution >= 4 is 29.9 Å². The number of guanidine groups is 1. The van der Waals surface area contributed by atoms with Crippen LogP contribution in [0.3, 0.4) is 0 Å². The zero-order valence-corrected chi connectivity index (χ0v) is 13.0. The van der Waals surface area contributed by atoms with Crippen LogP contribution in [-0.4, -0.2) is 37.3 Å². The van der Waals surface area contributed by atoms with E-state index in [9.17, 15) is 0 Å². The van der Waals surface area contributed by atoms with Crippen LogP contribution in [0.1, 0.15) is 33.6 Å². The third-order valence-electron chi connectivity index (χ3n) is 1.96. The summed E-state index contributed by atoms with van der Waals surface area (Å²) in [7, 11) is 0. The fourth-order valence-corrected chi connectivity index (χ4v) is 1.21. The topological polar surface area (TPSA) is 56.7 Å². The molecular formula is C11H26IN3O. The van der Waals surface area contributed by atoms with Gasteiger partial charge in [-0.2, -0.15) is 0 Å². The minimum atomic E-state index is 0. The molecule has 0 unspecified atom stereocenters. The number of rotatable bonds is 7. The average Bonchev–Trinajstić information content (AvgIpc) is 2.20. The van der Waals surface area contributed by atoms with Gasteiger partial charge in [0.1, 0.15) is 0 Å². The third kappa shape index (κ3) is 12.0. The molecule has 0 amide bonds. The molecule has 0 aromatic heterocycles. The molecule has 98 valence electrons.